The number of ether oxygens (including phenoxy) is 3. The van der Waals surface area contributed by atoms with Crippen molar-refractivity contribution in [2.24, 2.45) is 0 Å². The highest BCUT2D eigenvalue weighted by molar-refractivity contribution is 9.10. The molecule has 1 aromatic carbocycles. The number of fused-ring (bicyclic) bond motifs is 1. The fourth-order valence-electron chi connectivity index (χ4n) is 2.12. The van der Waals surface area contributed by atoms with Crippen molar-refractivity contribution in [1.29, 1.82) is 0 Å². The van der Waals surface area contributed by atoms with Gasteiger partial charge in [0.2, 0.25) is 6.79 Å². The molecular formula is C16H23BrN2O4. The largest absolute Gasteiger partial charge is 0.454 e. The minimum Gasteiger partial charge on any atom is -0.454 e. The molecule has 2 rings (SSSR count). The Morgan fingerprint density at radius 2 is 2.13 bits per heavy atom. The first kappa shape index (κ1) is 17.9. The number of benzene rings is 1. The molecule has 1 aliphatic rings. The van der Waals surface area contributed by atoms with E-state index in [1.165, 1.54) is 0 Å². The molecule has 1 heterocycles. The highest BCUT2D eigenvalue weighted by Gasteiger charge is 2.19. The van der Waals surface area contributed by atoms with Gasteiger partial charge in [0.25, 0.3) is 0 Å². The van der Waals surface area contributed by atoms with Crippen LogP contribution in [0.25, 0.3) is 0 Å². The van der Waals surface area contributed by atoms with Crippen LogP contribution in [0, 0.1) is 0 Å². The normalized spacial score (nSPS) is 14.5. The molecule has 1 atom stereocenters. The summed E-state index contributed by atoms with van der Waals surface area (Å²) in [5.74, 6) is 1.49. The van der Waals surface area contributed by atoms with Crippen molar-refractivity contribution in [1.82, 2.24) is 10.6 Å². The van der Waals surface area contributed by atoms with Crippen LogP contribution in [0.5, 0.6) is 11.5 Å². The molecule has 0 saturated heterocycles. The van der Waals surface area contributed by atoms with Gasteiger partial charge < -0.3 is 24.8 Å². The standard InChI is InChI=1S/C16H23BrN2O4/c1-10(19-15(20)23-16(2,3)4)7-18-8-11-5-12(17)14-13(6-11)21-9-22-14/h5-6,10,18H,7-9H2,1-4H3,(H,19,20). The summed E-state index contributed by atoms with van der Waals surface area (Å²) in [5.41, 5.74) is 0.585. The lowest BCUT2D eigenvalue weighted by molar-refractivity contribution is 0.0508. The molecule has 0 fully saturated rings. The number of nitrogens with one attached hydrogen (secondary N) is 2. The van der Waals surface area contributed by atoms with Crippen molar-refractivity contribution in [3.63, 3.8) is 0 Å². The molecule has 1 unspecified atom stereocenters. The summed E-state index contributed by atoms with van der Waals surface area (Å²) in [6.45, 7) is 8.99. The number of alkyl carbamates (subject to hydrolysis) is 1. The lowest BCUT2D eigenvalue weighted by Crippen LogP contribution is -2.42. The Bertz CT molecular complexity index is 572. The molecule has 0 bridgehead atoms. The number of hydrogen-bond donors (Lipinski definition) is 2. The van der Waals surface area contributed by atoms with Crippen LogP contribution >= 0.6 is 15.9 Å². The van der Waals surface area contributed by atoms with E-state index in [9.17, 15) is 4.79 Å². The van der Waals surface area contributed by atoms with E-state index in [4.69, 9.17) is 14.2 Å². The van der Waals surface area contributed by atoms with Gasteiger partial charge in [-0.3, -0.25) is 0 Å². The van der Waals surface area contributed by atoms with E-state index in [1.54, 1.807) is 0 Å². The topological polar surface area (TPSA) is 68.8 Å². The van der Waals surface area contributed by atoms with Crippen molar-refractivity contribution < 1.29 is 19.0 Å². The van der Waals surface area contributed by atoms with Gasteiger partial charge >= 0.3 is 6.09 Å². The summed E-state index contributed by atoms with van der Waals surface area (Å²) in [7, 11) is 0. The molecule has 2 N–H and O–H groups in total. The van der Waals surface area contributed by atoms with Crippen LogP contribution in [0.3, 0.4) is 0 Å². The Kier molecular flexibility index (Phi) is 5.75. The minimum absolute atomic E-state index is 0.0395. The maximum absolute atomic E-state index is 11.7. The number of hydrogen-bond acceptors (Lipinski definition) is 5. The van der Waals surface area contributed by atoms with Crippen LogP contribution < -0.4 is 20.1 Å². The van der Waals surface area contributed by atoms with Gasteiger partial charge in [-0.25, -0.2) is 4.79 Å². The fourth-order valence-corrected chi connectivity index (χ4v) is 2.72. The van der Waals surface area contributed by atoms with Crippen molar-refractivity contribution in [2.75, 3.05) is 13.3 Å². The zero-order valence-corrected chi connectivity index (χ0v) is 15.5. The molecule has 7 heteroatoms. The molecule has 1 aromatic rings. The van der Waals surface area contributed by atoms with Gasteiger partial charge in [0.15, 0.2) is 11.5 Å². The van der Waals surface area contributed by atoms with Crippen LogP contribution in [0.4, 0.5) is 4.79 Å². The molecule has 0 aliphatic carbocycles. The first-order chi connectivity index (χ1) is 10.7. The summed E-state index contributed by atoms with van der Waals surface area (Å²) >= 11 is 3.47. The second-order valence-electron chi connectivity index (χ2n) is 6.49. The van der Waals surface area contributed by atoms with E-state index in [1.807, 2.05) is 39.8 Å². The zero-order valence-electron chi connectivity index (χ0n) is 13.9. The van der Waals surface area contributed by atoms with E-state index < -0.39 is 11.7 Å². The predicted octanol–water partition coefficient (Wildman–Crippen LogP) is 3.18. The SMILES string of the molecule is CC(CNCc1cc(Br)c2c(c1)OCO2)NC(=O)OC(C)(C)C. The summed E-state index contributed by atoms with van der Waals surface area (Å²) in [5, 5.41) is 6.10. The molecule has 23 heavy (non-hydrogen) atoms. The Hall–Kier alpha value is -1.47. The Morgan fingerprint density at radius 3 is 2.83 bits per heavy atom. The highest BCUT2D eigenvalue weighted by Crippen LogP contribution is 2.39. The van der Waals surface area contributed by atoms with Crippen LogP contribution in [0.15, 0.2) is 16.6 Å². The maximum atomic E-state index is 11.7. The molecule has 0 spiro atoms. The van der Waals surface area contributed by atoms with Crippen LogP contribution in [-0.4, -0.2) is 31.1 Å². The highest BCUT2D eigenvalue weighted by atomic mass is 79.9. The first-order valence-electron chi connectivity index (χ1n) is 7.53. The average molecular weight is 387 g/mol. The molecular weight excluding hydrogens is 364 g/mol. The third-order valence-corrected chi connectivity index (χ3v) is 3.62. The minimum atomic E-state index is -0.490. The van der Waals surface area contributed by atoms with E-state index >= 15 is 0 Å². The Labute approximate surface area is 145 Å². The Balaban J connectivity index is 1.77. The summed E-state index contributed by atoms with van der Waals surface area (Å²) in [6.07, 6.45) is -0.405. The summed E-state index contributed by atoms with van der Waals surface area (Å²) in [6, 6.07) is 3.90. The quantitative estimate of drug-likeness (QED) is 0.812. The first-order valence-corrected chi connectivity index (χ1v) is 8.32. The molecule has 0 saturated carbocycles. The van der Waals surface area contributed by atoms with E-state index in [2.05, 4.69) is 26.6 Å². The van der Waals surface area contributed by atoms with Gasteiger partial charge in [-0.15, -0.1) is 0 Å². The lowest BCUT2D eigenvalue weighted by atomic mass is 10.2. The molecule has 1 aliphatic heterocycles. The number of carbonyl (C=O) groups excluding carboxylic acids is 1. The number of rotatable bonds is 5. The summed E-state index contributed by atoms with van der Waals surface area (Å²) in [4.78, 5) is 11.7. The molecule has 1 amide bonds. The van der Waals surface area contributed by atoms with Gasteiger partial charge in [-0.05, 0) is 61.3 Å². The van der Waals surface area contributed by atoms with Crippen molar-refractivity contribution in [3.8, 4) is 11.5 Å². The van der Waals surface area contributed by atoms with Gasteiger partial charge in [-0.2, -0.15) is 0 Å². The number of amides is 1. The molecule has 128 valence electrons. The second kappa shape index (κ2) is 7.40. The fraction of sp³-hybridized carbons (Fsp3) is 0.562. The van der Waals surface area contributed by atoms with Crippen molar-refractivity contribution in [3.05, 3.63) is 22.2 Å². The molecule has 0 radical (unpaired) electrons. The Morgan fingerprint density at radius 1 is 1.39 bits per heavy atom. The predicted molar refractivity (Wildman–Crippen MR) is 90.8 cm³/mol. The van der Waals surface area contributed by atoms with Crippen LogP contribution in [0.2, 0.25) is 0 Å². The zero-order chi connectivity index (χ0) is 17.0. The molecule has 6 nitrogen and oxygen atoms in total. The monoisotopic (exact) mass is 386 g/mol. The van der Waals surface area contributed by atoms with Gasteiger partial charge in [0.1, 0.15) is 5.60 Å². The van der Waals surface area contributed by atoms with Gasteiger partial charge in [0, 0.05) is 19.1 Å². The third-order valence-electron chi connectivity index (χ3n) is 3.03. The maximum Gasteiger partial charge on any atom is 0.407 e. The number of halogens is 1. The number of carbonyl (C=O) groups is 1. The van der Waals surface area contributed by atoms with Crippen LogP contribution in [0.1, 0.15) is 33.3 Å². The smallest absolute Gasteiger partial charge is 0.407 e. The average Bonchev–Trinajstić information content (AvgIpc) is 2.84. The lowest BCUT2D eigenvalue weighted by Gasteiger charge is -2.22. The van der Waals surface area contributed by atoms with E-state index in [-0.39, 0.29) is 12.8 Å². The van der Waals surface area contributed by atoms with Crippen LogP contribution in [-0.2, 0) is 11.3 Å². The van der Waals surface area contributed by atoms with Crippen molar-refractivity contribution in [2.45, 2.75) is 45.9 Å². The van der Waals surface area contributed by atoms with E-state index in [0.29, 0.717) is 13.1 Å². The van der Waals surface area contributed by atoms with E-state index in [0.717, 1.165) is 21.5 Å². The van der Waals surface area contributed by atoms with Crippen molar-refractivity contribution >= 4 is 22.0 Å². The summed E-state index contributed by atoms with van der Waals surface area (Å²) < 4.78 is 16.9. The molecule has 0 aromatic heterocycles. The van der Waals surface area contributed by atoms with Gasteiger partial charge in [-0.1, -0.05) is 0 Å². The third kappa shape index (κ3) is 5.58. The van der Waals surface area contributed by atoms with Gasteiger partial charge in [0.05, 0.1) is 4.47 Å². The second-order valence-corrected chi connectivity index (χ2v) is 7.34.